The molecule has 114 valence electrons. The van der Waals surface area contributed by atoms with E-state index in [1.807, 2.05) is 13.8 Å². The molecule has 0 amide bonds. The zero-order valence-electron chi connectivity index (χ0n) is 12.2. The first-order valence-corrected chi connectivity index (χ1v) is 8.45. The van der Waals surface area contributed by atoms with Gasteiger partial charge in [-0.3, -0.25) is 0 Å². The standard InChI is InChI=1S/C12H27N3O3S/c1-4-13-10-12-7-5-6-8-15(12)19(16,17)14-9-11(2)18-3/h11-14H,4-10H2,1-3H3. The van der Waals surface area contributed by atoms with E-state index in [0.29, 0.717) is 13.1 Å². The summed E-state index contributed by atoms with van der Waals surface area (Å²) in [5.74, 6) is 0. The molecule has 0 radical (unpaired) electrons. The fraction of sp³-hybridized carbons (Fsp3) is 1.00. The molecule has 1 aliphatic heterocycles. The Morgan fingerprint density at radius 2 is 2.16 bits per heavy atom. The van der Waals surface area contributed by atoms with E-state index in [-0.39, 0.29) is 12.1 Å². The second-order valence-corrected chi connectivity index (χ2v) is 6.68. The summed E-state index contributed by atoms with van der Waals surface area (Å²) in [4.78, 5) is 0. The van der Waals surface area contributed by atoms with Crippen LogP contribution in [0.1, 0.15) is 33.1 Å². The maximum Gasteiger partial charge on any atom is 0.279 e. The highest BCUT2D eigenvalue weighted by atomic mass is 32.2. The molecule has 0 aromatic heterocycles. The van der Waals surface area contributed by atoms with Crippen LogP contribution in [0, 0.1) is 0 Å². The summed E-state index contributed by atoms with van der Waals surface area (Å²) in [6.45, 7) is 6.36. The Hall–Kier alpha value is -0.210. The van der Waals surface area contributed by atoms with E-state index in [1.165, 1.54) is 0 Å². The minimum Gasteiger partial charge on any atom is -0.380 e. The van der Waals surface area contributed by atoms with Crippen molar-refractivity contribution in [2.45, 2.75) is 45.3 Å². The number of nitrogens with one attached hydrogen (secondary N) is 2. The van der Waals surface area contributed by atoms with Crippen molar-refractivity contribution in [3.8, 4) is 0 Å². The van der Waals surface area contributed by atoms with Crippen LogP contribution in [0.2, 0.25) is 0 Å². The first-order chi connectivity index (χ1) is 9.01. The van der Waals surface area contributed by atoms with Crippen LogP contribution in [0.5, 0.6) is 0 Å². The van der Waals surface area contributed by atoms with Crippen LogP contribution >= 0.6 is 0 Å². The van der Waals surface area contributed by atoms with Crippen molar-refractivity contribution in [2.75, 3.05) is 33.3 Å². The highest BCUT2D eigenvalue weighted by Crippen LogP contribution is 2.19. The Bertz CT molecular complexity index is 348. The van der Waals surface area contributed by atoms with E-state index in [0.717, 1.165) is 32.4 Å². The molecule has 2 unspecified atom stereocenters. The first-order valence-electron chi connectivity index (χ1n) is 7.01. The van der Waals surface area contributed by atoms with Gasteiger partial charge in [-0.25, -0.2) is 0 Å². The van der Waals surface area contributed by atoms with Crippen molar-refractivity contribution in [1.29, 1.82) is 0 Å². The van der Waals surface area contributed by atoms with Gasteiger partial charge in [-0.2, -0.15) is 17.4 Å². The Morgan fingerprint density at radius 1 is 1.42 bits per heavy atom. The number of nitrogens with zero attached hydrogens (tertiary/aromatic N) is 1. The molecule has 7 heteroatoms. The van der Waals surface area contributed by atoms with Crippen LogP contribution in [-0.2, 0) is 14.9 Å². The van der Waals surface area contributed by atoms with Crippen LogP contribution in [-0.4, -0.2) is 58.2 Å². The minimum absolute atomic E-state index is 0.0593. The molecule has 2 N–H and O–H groups in total. The van der Waals surface area contributed by atoms with Gasteiger partial charge in [0, 0.05) is 32.8 Å². The molecular formula is C12H27N3O3S. The SMILES string of the molecule is CCNCC1CCCCN1S(=O)(=O)NCC(C)OC. The van der Waals surface area contributed by atoms with Gasteiger partial charge in [-0.1, -0.05) is 13.3 Å². The predicted octanol–water partition coefficient (Wildman–Crippen LogP) is 0.320. The van der Waals surface area contributed by atoms with Gasteiger partial charge < -0.3 is 10.1 Å². The van der Waals surface area contributed by atoms with Crippen LogP contribution in [0.4, 0.5) is 0 Å². The largest absolute Gasteiger partial charge is 0.380 e. The second-order valence-electron chi connectivity index (χ2n) is 4.97. The second kappa shape index (κ2) is 8.16. The number of likely N-dealkylation sites (N-methyl/N-ethyl adjacent to an activating group) is 1. The molecule has 1 heterocycles. The Kier molecular flexibility index (Phi) is 7.23. The van der Waals surface area contributed by atoms with E-state index in [1.54, 1.807) is 11.4 Å². The third-order valence-corrected chi connectivity index (χ3v) is 5.10. The molecule has 0 aromatic carbocycles. The number of hydrogen-bond donors (Lipinski definition) is 2. The van der Waals surface area contributed by atoms with Gasteiger partial charge in [-0.15, -0.1) is 0 Å². The number of rotatable bonds is 8. The molecule has 0 aliphatic carbocycles. The summed E-state index contributed by atoms with van der Waals surface area (Å²) in [6.07, 6.45) is 2.83. The lowest BCUT2D eigenvalue weighted by Crippen LogP contribution is -2.53. The molecule has 0 aromatic rings. The zero-order valence-corrected chi connectivity index (χ0v) is 13.0. The lowest BCUT2D eigenvalue weighted by molar-refractivity contribution is 0.121. The van der Waals surface area contributed by atoms with Crippen molar-refractivity contribution in [1.82, 2.24) is 14.3 Å². The maximum atomic E-state index is 12.3. The third-order valence-electron chi connectivity index (χ3n) is 3.47. The molecule has 19 heavy (non-hydrogen) atoms. The van der Waals surface area contributed by atoms with Crippen molar-refractivity contribution in [3.63, 3.8) is 0 Å². The van der Waals surface area contributed by atoms with E-state index in [9.17, 15) is 8.42 Å². The van der Waals surface area contributed by atoms with Gasteiger partial charge in [0.1, 0.15) is 0 Å². The van der Waals surface area contributed by atoms with Gasteiger partial charge in [0.2, 0.25) is 0 Å². The van der Waals surface area contributed by atoms with Gasteiger partial charge >= 0.3 is 0 Å². The van der Waals surface area contributed by atoms with Crippen molar-refractivity contribution < 1.29 is 13.2 Å². The van der Waals surface area contributed by atoms with Crippen LogP contribution in [0.25, 0.3) is 0 Å². The topological polar surface area (TPSA) is 70.7 Å². The predicted molar refractivity (Wildman–Crippen MR) is 76.3 cm³/mol. The Balaban J connectivity index is 2.61. The highest BCUT2D eigenvalue weighted by Gasteiger charge is 2.31. The highest BCUT2D eigenvalue weighted by molar-refractivity contribution is 7.87. The summed E-state index contributed by atoms with van der Waals surface area (Å²) in [7, 11) is -1.83. The quantitative estimate of drug-likeness (QED) is 0.676. The van der Waals surface area contributed by atoms with Crippen molar-refractivity contribution in [2.24, 2.45) is 0 Å². The lowest BCUT2D eigenvalue weighted by atomic mass is 10.1. The number of hydrogen-bond acceptors (Lipinski definition) is 4. The first kappa shape index (κ1) is 16.8. The lowest BCUT2D eigenvalue weighted by Gasteiger charge is -2.35. The molecule has 1 saturated heterocycles. The van der Waals surface area contributed by atoms with Gasteiger partial charge in [-0.05, 0) is 26.3 Å². The average molecular weight is 293 g/mol. The van der Waals surface area contributed by atoms with Crippen LogP contribution in [0.15, 0.2) is 0 Å². The van der Waals surface area contributed by atoms with Gasteiger partial charge in [0.25, 0.3) is 10.2 Å². The van der Waals surface area contributed by atoms with Crippen LogP contribution in [0.3, 0.4) is 0 Å². The molecule has 0 spiro atoms. The Labute approximate surface area is 117 Å². The molecule has 0 bridgehead atoms. The van der Waals surface area contributed by atoms with Crippen molar-refractivity contribution >= 4 is 10.2 Å². The third kappa shape index (κ3) is 5.35. The molecule has 0 saturated carbocycles. The van der Waals surface area contributed by atoms with Crippen molar-refractivity contribution in [3.05, 3.63) is 0 Å². The van der Waals surface area contributed by atoms with E-state index in [2.05, 4.69) is 10.0 Å². The molecule has 2 atom stereocenters. The Morgan fingerprint density at radius 3 is 2.79 bits per heavy atom. The minimum atomic E-state index is -3.40. The monoisotopic (exact) mass is 293 g/mol. The number of piperidine rings is 1. The summed E-state index contributed by atoms with van der Waals surface area (Å²) in [5.41, 5.74) is 0. The summed E-state index contributed by atoms with van der Waals surface area (Å²) < 4.78 is 33.9. The summed E-state index contributed by atoms with van der Waals surface area (Å²) in [5, 5.41) is 3.24. The smallest absolute Gasteiger partial charge is 0.279 e. The molecule has 1 fully saturated rings. The number of ether oxygens (including phenoxy) is 1. The van der Waals surface area contributed by atoms with E-state index in [4.69, 9.17) is 4.74 Å². The fourth-order valence-corrected chi connectivity index (χ4v) is 3.75. The zero-order chi connectivity index (χ0) is 14.3. The molecular weight excluding hydrogens is 266 g/mol. The maximum absolute atomic E-state index is 12.3. The van der Waals surface area contributed by atoms with Gasteiger partial charge in [0.15, 0.2) is 0 Å². The van der Waals surface area contributed by atoms with Crippen LogP contribution < -0.4 is 10.0 Å². The van der Waals surface area contributed by atoms with E-state index < -0.39 is 10.2 Å². The molecule has 1 rings (SSSR count). The average Bonchev–Trinajstić information content (AvgIpc) is 2.42. The summed E-state index contributed by atoms with van der Waals surface area (Å²) in [6, 6.07) is 0.0593. The normalized spacial score (nSPS) is 23.4. The molecule has 6 nitrogen and oxygen atoms in total. The summed E-state index contributed by atoms with van der Waals surface area (Å²) >= 11 is 0. The van der Waals surface area contributed by atoms with Gasteiger partial charge in [0.05, 0.1) is 6.10 Å². The van der Waals surface area contributed by atoms with E-state index >= 15 is 0 Å². The number of methoxy groups -OCH3 is 1. The molecule has 1 aliphatic rings. The fourth-order valence-electron chi connectivity index (χ4n) is 2.19.